The van der Waals surface area contributed by atoms with E-state index in [1.54, 1.807) is 6.92 Å². The molecule has 0 aliphatic carbocycles. The van der Waals surface area contributed by atoms with Crippen LogP contribution >= 0.6 is 0 Å². The molecule has 1 aliphatic heterocycles. The molecular weight excluding hydrogens is 284 g/mol. The standard InChI is InChI=1S/C20H24N2O/c1-4-18-14(2)20(21-16-10-6-5-7-11-16)17-12-8-9-13-19(17)22(18)15(3)23/h5-14,18,20-21H,4H2,1-3H3/t14-,18+,20-/m1/s1. The lowest BCUT2D eigenvalue weighted by Crippen LogP contribution is -2.49. The molecule has 3 rings (SSSR count). The summed E-state index contributed by atoms with van der Waals surface area (Å²) in [6.07, 6.45) is 0.946. The third kappa shape index (κ3) is 2.83. The van der Waals surface area contributed by atoms with E-state index in [2.05, 4.69) is 49.5 Å². The Bertz CT molecular complexity index is 683. The Morgan fingerprint density at radius 3 is 2.39 bits per heavy atom. The van der Waals surface area contributed by atoms with Crippen molar-refractivity contribution in [3.8, 4) is 0 Å². The fourth-order valence-electron chi connectivity index (χ4n) is 3.77. The molecule has 1 aliphatic rings. The van der Waals surface area contributed by atoms with E-state index in [0.29, 0.717) is 5.92 Å². The Hall–Kier alpha value is -2.29. The summed E-state index contributed by atoms with van der Waals surface area (Å²) in [5, 5.41) is 3.67. The molecule has 3 heteroatoms. The van der Waals surface area contributed by atoms with Gasteiger partial charge in [-0.05, 0) is 30.2 Å². The van der Waals surface area contributed by atoms with E-state index < -0.39 is 0 Å². The molecule has 120 valence electrons. The smallest absolute Gasteiger partial charge is 0.224 e. The van der Waals surface area contributed by atoms with Crippen molar-refractivity contribution in [1.29, 1.82) is 0 Å². The second kappa shape index (κ2) is 6.45. The number of hydrogen-bond acceptors (Lipinski definition) is 2. The largest absolute Gasteiger partial charge is 0.378 e. The van der Waals surface area contributed by atoms with Crippen LogP contribution in [-0.2, 0) is 4.79 Å². The van der Waals surface area contributed by atoms with Gasteiger partial charge >= 0.3 is 0 Å². The van der Waals surface area contributed by atoms with Gasteiger partial charge in [-0.25, -0.2) is 0 Å². The summed E-state index contributed by atoms with van der Waals surface area (Å²) in [6, 6.07) is 19.0. The maximum atomic E-state index is 12.2. The Kier molecular flexibility index (Phi) is 4.37. The van der Waals surface area contributed by atoms with Gasteiger partial charge in [-0.2, -0.15) is 0 Å². The average molecular weight is 308 g/mol. The van der Waals surface area contributed by atoms with E-state index >= 15 is 0 Å². The molecular formula is C20H24N2O. The predicted molar refractivity (Wildman–Crippen MR) is 95.7 cm³/mol. The van der Waals surface area contributed by atoms with Crippen molar-refractivity contribution >= 4 is 17.3 Å². The molecule has 0 unspecified atom stereocenters. The summed E-state index contributed by atoms with van der Waals surface area (Å²) in [6.45, 7) is 6.06. The first-order valence-electron chi connectivity index (χ1n) is 8.33. The van der Waals surface area contributed by atoms with E-state index in [1.807, 2.05) is 29.2 Å². The van der Waals surface area contributed by atoms with Crippen molar-refractivity contribution in [2.24, 2.45) is 5.92 Å². The van der Waals surface area contributed by atoms with Crippen LogP contribution in [0.2, 0.25) is 0 Å². The second-order valence-corrected chi connectivity index (χ2v) is 6.27. The minimum absolute atomic E-state index is 0.120. The van der Waals surface area contributed by atoms with Crippen molar-refractivity contribution in [2.75, 3.05) is 10.2 Å². The number of carbonyl (C=O) groups is 1. The summed E-state index contributed by atoms with van der Waals surface area (Å²) in [5.74, 6) is 0.452. The summed E-state index contributed by atoms with van der Waals surface area (Å²) in [5.41, 5.74) is 3.35. The number of benzene rings is 2. The Morgan fingerprint density at radius 2 is 1.74 bits per heavy atom. The van der Waals surface area contributed by atoms with Crippen molar-refractivity contribution in [3.05, 3.63) is 60.2 Å². The highest BCUT2D eigenvalue weighted by molar-refractivity contribution is 5.94. The number of para-hydroxylation sites is 2. The van der Waals surface area contributed by atoms with Gasteiger partial charge in [0.1, 0.15) is 0 Å². The molecule has 1 heterocycles. The summed E-state index contributed by atoms with van der Waals surface area (Å²) >= 11 is 0. The highest BCUT2D eigenvalue weighted by Gasteiger charge is 2.39. The SMILES string of the molecule is CC[C@H]1[C@@H](C)[C@@H](Nc2ccccc2)c2ccccc2N1C(C)=O. The van der Waals surface area contributed by atoms with Gasteiger partial charge in [0.25, 0.3) is 0 Å². The van der Waals surface area contributed by atoms with Crippen LogP contribution in [0.25, 0.3) is 0 Å². The van der Waals surface area contributed by atoms with Gasteiger partial charge < -0.3 is 10.2 Å². The molecule has 1 N–H and O–H groups in total. The first-order chi connectivity index (χ1) is 11.1. The van der Waals surface area contributed by atoms with E-state index in [0.717, 1.165) is 17.8 Å². The zero-order chi connectivity index (χ0) is 16.4. The molecule has 2 aromatic rings. The predicted octanol–water partition coefficient (Wildman–Crippen LogP) is 4.62. The zero-order valence-electron chi connectivity index (χ0n) is 14.0. The number of fused-ring (bicyclic) bond motifs is 1. The van der Waals surface area contributed by atoms with Crippen LogP contribution in [0.4, 0.5) is 11.4 Å². The Balaban J connectivity index is 2.05. The third-order valence-corrected chi connectivity index (χ3v) is 4.85. The van der Waals surface area contributed by atoms with Crippen LogP contribution in [0, 0.1) is 5.92 Å². The van der Waals surface area contributed by atoms with E-state index in [9.17, 15) is 4.79 Å². The van der Waals surface area contributed by atoms with Crippen molar-refractivity contribution in [3.63, 3.8) is 0 Å². The molecule has 0 bridgehead atoms. The lowest BCUT2D eigenvalue weighted by Gasteiger charge is -2.45. The van der Waals surface area contributed by atoms with E-state index in [1.165, 1.54) is 5.56 Å². The molecule has 0 aromatic heterocycles. The summed E-state index contributed by atoms with van der Waals surface area (Å²) in [7, 11) is 0. The minimum Gasteiger partial charge on any atom is -0.378 e. The van der Waals surface area contributed by atoms with Crippen LogP contribution in [-0.4, -0.2) is 11.9 Å². The lowest BCUT2D eigenvalue weighted by atomic mass is 9.81. The summed E-state index contributed by atoms with van der Waals surface area (Å²) in [4.78, 5) is 14.2. The highest BCUT2D eigenvalue weighted by atomic mass is 16.2. The molecule has 3 atom stereocenters. The number of amides is 1. The molecule has 0 saturated carbocycles. The van der Waals surface area contributed by atoms with E-state index in [4.69, 9.17) is 0 Å². The molecule has 0 fully saturated rings. The number of anilines is 2. The lowest BCUT2D eigenvalue weighted by molar-refractivity contribution is -0.117. The zero-order valence-corrected chi connectivity index (χ0v) is 14.0. The maximum Gasteiger partial charge on any atom is 0.224 e. The number of rotatable bonds is 3. The van der Waals surface area contributed by atoms with Crippen LogP contribution in [0.15, 0.2) is 54.6 Å². The normalized spacial score (nSPS) is 23.3. The maximum absolute atomic E-state index is 12.2. The third-order valence-electron chi connectivity index (χ3n) is 4.85. The first-order valence-corrected chi connectivity index (χ1v) is 8.33. The van der Waals surface area contributed by atoms with Crippen LogP contribution < -0.4 is 10.2 Å². The van der Waals surface area contributed by atoms with E-state index in [-0.39, 0.29) is 18.0 Å². The number of carbonyl (C=O) groups excluding carboxylic acids is 1. The van der Waals surface area contributed by atoms with Crippen molar-refractivity contribution < 1.29 is 4.79 Å². The average Bonchev–Trinajstić information content (AvgIpc) is 2.57. The molecule has 23 heavy (non-hydrogen) atoms. The topological polar surface area (TPSA) is 32.3 Å². The van der Waals surface area contributed by atoms with Gasteiger partial charge in [0.15, 0.2) is 0 Å². The van der Waals surface area contributed by atoms with Crippen LogP contribution in [0.5, 0.6) is 0 Å². The van der Waals surface area contributed by atoms with Gasteiger partial charge in [0, 0.05) is 30.3 Å². The molecule has 0 saturated heterocycles. The molecule has 1 amide bonds. The number of nitrogens with zero attached hydrogens (tertiary/aromatic N) is 1. The van der Waals surface area contributed by atoms with Crippen molar-refractivity contribution in [2.45, 2.75) is 39.3 Å². The van der Waals surface area contributed by atoms with Gasteiger partial charge in [-0.15, -0.1) is 0 Å². The van der Waals surface area contributed by atoms with Crippen molar-refractivity contribution in [1.82, 2.24) is 0 Å². The fourth-order valence-corrected chi connectivity index (χ4v) is 3.77. The first kappa shape index (κ1) is 15.6. The minimum atomic E-state index is 0.120. The fraction of sp³-hybridized carbons (Fsp3) is 0.350. The second-order valence-electron chi connectivity index (χ2n) is 6.27. The number of nitrogens with one attached hydrogen (secondary N) is 1. The molecule has 0 radical (unpaired) electrons. The quantitative estimate of drug-likeness (QED) is 0.897. The van der Waals surface area contributed by atoms with Gasteiger partial charge in [0.05, 0.1) is 6.04 Å². The molecule has 0 spiro atoms. The van der Waals surface area contributed by atoms with Gasteiger partial charge in [-0.1, -0.05) is 50.2 Å². The van der Waals surface area contributed by atoms with Gasteiger partial charge in [0.2, 0.25) is 5.91 Å². The highest BCUT2D eigenvalue weighted by Crippen LogP contribution is 2.43. The summed E-state index contributed by atoms with van der Waals surface area (Å²) < 4.78 is 0. The monoisotopic (exact) mass is 308 g/mol. The Morgan fingerprint density at radius 1 is 1.09 bits per heavy atom. The van der Waals surface area contributed by atoms with Gasteiger partial charge in [-0.3, -0.25) is 4.79 Å². The molecule has 2 aromatic carbocycles. The van der Waals surface area contributed by atoms with Crippen LogP contribution in [0.3, 0.4) is 0 Å². The molecule has 3 nitrogen and oxygen atoms in total. The van der Waals surface area contributed by atoms with Crippen LogP contribution in [0.1, 0.15) is 38.8 Å². The number of hydrogen-bond donors (Lipinski definition) is 1. The Labute approximate surface area is 138 Å².